The number of ketones is 2. The molecule has 2 unspecified atom stereocenters. The van der Waals surface area contributed by atoms with Gasteiger partial charge in [-0.2, -0.15) is 0 Å². The number of allylic oxidation sites excluding steroid dienone is 2. The normalized spacial score (nSPS) is 23.7. The molecule has 0 bridgehead atoms. The lowest BCUT2D eigenvalue weighted by molar-refractivity contribution is -0.105. The van der Waals surface area contributed by atoms with Crippen LogP contribution in [0.5, 0.6) is 0 Å². The quantitative estimate of drug-likeness (QED) is 0.757. The Balaban J connectivity index is 1.89. The van der Waals surface area contributed by atoms with Crippen molar-refractivity contribution in [3.63, 3.8) is 0 Å². The predicted octanol–water partition coefficient (Wildman–Crippen LogP) is 3.37. The fraction of sp³-hybridized carbons (Fsp3) is 0.211. The molecule has 2 aromatic rings. The summed E-state index contributed by atoms with van der Waals surface area (Å²) < 4.78 is 0. The summed E-state index contributed by atoms with van der Waals surface area (Å²) >= 11 is 0. The summed E-state index contributed by atoms with van der Waals surface area (Å²) in [7, 11) is 0. The average Bonchev–Trinajstić information content (AvgIpc) is 2.58. The number of aldehydes is 1. The number of benzene rings is 2. The van der Waals surface area contributed by atoms with Crippen LogP contribution in [0.3, 0.4) is 0 Å². The van der Waals surface area contributed by atoms with Crippen molar-refractivity contribution in [3.05, 3.63) is 59.2 Å². The molecule has 0 aromatic heterocycles. The fourth-order valence-electron chi connectivity index (χ4n) is 3.63. The van der Waals surface area contributed by atoms with E-state index in [1.54, 1.807) is 6.08 Å². The topological polar surface area (TPSA) is 51.2 Å². The van der Waals surface area contributed by atoms with Crippen LogP contribution in [-0.4, -0.2) is 17.9 Å². The van der Waals surface area contributed by atoms with Crippen LogP contribution < -0.4 is 0 Å². The van der Waals surface area contributed by atoms with Crippen LogP contribution in [0.2, 0.25) is 0 Å². The van der Waals surface area contributed by atoms with Gasteiger partial charge in [-0.25, -0.2) is 0 Å². The third-order valence-corrected chi connectivity index (χ3v) is 4.82. The largest absolute Gasteiger partial charge is 0.298 e. The highest BCUT2D eigenvalue weighted by Crippen LogP contribution is 2.40. The van der Waals surface area contributed by atoms with Gasteiger partial charge in [0.15, 0.2) is 11.6 Å². The molecule has 0 aliphatic heterocycles. The Morgan fingerprint density at radius 2 is 1.50 bits per heavy atom. The molecular weight excluding hydrogens is 276 g/mol. The van der Waals surface area contributed by atoms with Gasteiger partial charge in [0.1, 0.15) is 6.29 Å². The van der Waals surface area contributed by atoms with Gasteiger partial charge in [0.25, 0.3) is 0 Å². The molecule has 2 aromatic carbocycles. The van der Waals surface area contributed by atoms with Crippen molar-refractivity contribution in [2.45, 2.75) is 12.8 Å². The zero-order chi connectivity index (χ0) is 15.3. The summed E-state index contributed by atoms with van der Waals surface area (Å²) in [4.78, 5) is 36.6. The maximum absolute atomic E-state index is 12.8. The lowest BCUT2D eigenvalue weighted by atomic mass is 9.67. The zero-order valence-electron chi connectivity index (χ0n) is 11.9. The van der Waals surface area contributed by atoms with E-state index in [9.17, 15) is 14.4 Å². The smallest absolute Gasteiger partial charge is 0.167 e. The van der Waals surface area contributed by atoms with Gasteiger partial charge >= 0.3 is 0 Å². The van der Waals surface area contributed by atoms with Crippen LogP contribution in [0.1, 0.15) is 33.6 Å². The molecule has 3 nitrogen and oxygen atoms in total. The summed E-state index contributed by atoms with van der Waals surface area (Å²) in [5, 5.41) is 1.93. The number of carbonyl (C=O) groups is 3. The van der Waals surface area contributed by atoms with Crippen LogP contribution in [0.25, 0.3) is 10.8 Å². The second kappa shape index (κ2) is 4.73. The number of carbonyl (C=O) groups excluding carboxylic acids is 3. The van der Waals surface area contributed by atoms with E-state index in [4.69, 9.17) is 0 Å². The van der Waals surface area contributed by atoms with E-state index in [0.29, 0.717) is 29.5 Å². The maximum atomic E-state index is 12.8. The first kappa shape index (κ1) is 13.1. The van der Waals surface area contributed by atoms with Gasteiger partial charge in [0.2, 0.25) is 0 Å². The molecule has 0 heterocycles. The van der Waals surface area contributed by atoms with Gasteiger partial charge in [-0.15, -0.1) is 0 Å². The molecule has 0 fully saturated rings. The minimum absolute atomic E-state index is 0.00203. The van der Waals surface area contributed by atoms with Crippen molar-refractivity contribution in [2.75, 3.05) is 0 Å². The minimum atomic E-state index is -0.383. The number of hydrogen-bond donors (Lipinski definition) is 0. The molecule has 108 valence electrons. The zero-order valence-corrected chi connectivity index (χ0v) is 11.9. The van der Waals surface area contributed by atoms with Crippen LogP contribution in [-0.2, 0) is 4.79 Å². The molecule has 0 spiro atoms. The Hall–Kier alpha value is -2.55. The van der Waals surface area contributed by atoms with Crippen LogP contribution in [0, 0.1) is 11.8 Å². The van der Waals surface area contributed by atoms with Crippen molar-refractivity contribution >= 4 is 28.6 Å². The lowest BCUT2D eigenvalue weighted by Gasteiger charge is -2.33. The van der Waals surface area contributed by atoms with Crippen molar-refractivity contribution in [2.24, 2.45) is 11.8 Å². The second-order valence-electron chi connectivity index (χ2n) is 6.02. The molecule has 2 aliphatic rings. The first-order chi connectivity index (χ1) is 10.7. The van der Waals surface area contributed by atoms with E-state index < -0.39 is 0 Å². The third kappa shape index (κ3) is 1.78. The molecule has 0 amide bonds. The average molecular weight is 290 g/mol. The van der Waals surface area contributed by atoms with Crippen molar-refractivity contribution in [1.82, 2.24) is 0 Å². The van der Waals surface area contributed by atoms with Crippen LogP contribution in [0.4, 0.5) is 0 Å². The molecule has 0 saturated carbocycles. The maximum Gasteiger partial charge on any atom is 0.167 e. The SMILES string of the molecule is O=CC1=CCC2C(=O)c3cc4ccccc4cc3C(=O)C2C1. The Labute approximate surface area is 127 Å². The van der Waals surface area contributed by atoms with E-state index in [0.717, 1.165) is 17.1 Å². The Bertz CT molecular complexity index is 860. The highest BCUT2D eigenvalue weighted by atomic mass is 16.1. The molecule has 3 heteroatoms. The summed E-state index contributed by atoms with van der Waals surface area (Å²) in [5.74, 6) is -0.666. The standard InChI is InChI=1S/C19H14O3/c20-10-11-5-6-14-15(7-11)19(22)17-9-13-4-2-1-3-12(13)8-16(17)18(14)21/h1-5,8-10,14-15H,6-7H2. The lowest BCUT2D eigenvalue weighted by Crippen LogP contribution is -2.38. The summed E-state index contributed by atoms with van der Waals surface area (Å²) in [6, 6.07) is 11.4. The first-order valence-electron chi connectivity index (χ1n) is 7.44. The summed E-state index contributed by atoms with van der Waals surface area (Å²) in [6.07, 6.45) is 3.45. The van der Waals surface area contributed by atoms with Crippen molar-refractivity contribution < 1.29 is 14.4 Å². The van der Waals surface area contributed by atoms with Crippen LogP contribution in [0.15, 0.2) is 48.0 Å². The Morgan fingerprint density at radius 1 is 0.909 bits per heavy atom. The van der Waals surface area contributed by atoms with Gasteiger partial charge in [-0.05, 0) is 41.3 Å². The van der Waals surface area contributed by atoms with Crippen molar-refractivity contribution in [1.29, 1.82) is 0 Å². The number of rotatable bonds is 1. The highest BCUT2D eigenvalue weighted by Gasteiger charge is 2.42. The first-order valence-corrected chi connectivity index (χ1v) is 7.44. The van der Waals surface area contributed by atoms with E-state index in [1.165, 1.54) is 0 Å². The second-order valence-corrected chi connectivity index (χ2v) is 6.02. The van der Waals surface area contributed by atoms with E-state index in [-0.39, 0.29) is 23.4 Å². The molecule has 0 N–H and O–H groups in total. The third-order valence-electron chi connectivity index (χ3n) is 4.82. The number of hydrogen-bond acceptors (Lipinski definition) is 3. The molecule has 2 aliphatic carbocycles. The van der Waals surface area contributed by atoms with Crippen LogP contribution >= 0.6 is 0 Å². The van der Waals surface area contributed by atoms with Gasteiger partial charge in [0.05, 0.1) is 0 Å². The molecule has 22 heavy (non-hydrogen) atoms. The van der Waals surface area contributed by atoms with E-state index in [1.807, 2.05) is 36.4 Å². The summed E-state index contributed by atoms with van der Waals surface area (Å²) in [6.45, 7) is 0. The van der Waals surface area contributed by atoms with E-state index in [2.05, 4.69) is 0 Å². The monoisotopic (exact) mass is 290 g/mol. The number of fused-ring (bicyclic) bond motifs is 3. The predicted molar refractivity (Wildman–Crippen MR) is 83.0 cm³/mol. The molecule has 0 saturated heterocycles. The molecule has 4 rings (SSSR count). The van der Waals surface area contributed by atoms with Gasteiger partial charge < -0.3 is 0 Å². The highest BCUT2D eigenvalue weighted by molar-refractivity contribution is 6.18. The van der Waals surface area contributed by atoms with Crippen molar-refractivity contribution in [3.8, 4) is 0 Å². The van der Waals surface area contributed by atoms with Gasteiger partial charge in [-0.1, -0.05) is 30.3 Å². The minimum Gasteiger partial charge on any atom is -0.298 e. The Morgan fingerprint density at radius 3 is 2.09 bits per heavy atom. The fourth-order valence-corrected chi connectivity index (χ4v) is 3.63. The van der Waals surface area contributed by atoms with Gasteiger partial charge in [0, 0.05) is 23.0 Å². The molecule has 2 atom stereocenters. The summed E-state index contributed by atoms with van der Waals surface area (Å²) in [5.41, 5.74) is 1.68. The molecular formula is C19H14O3. The number of Topliss-reactive ketones (excluding diaryl/α,β-unsaturated/α-hetero) is 2. The molecule has 0 radical (unpaired) electrons. The Kier molecular flexibility index (Phi) is 2.83. The van der Waals surface area contributed by atoms with Gasteiger partial charge in [-0.3, -0.25) is 14.4 Å². The van der Waals surface area contributed by atoms with E-state index >= 15 is 0 Å².